The average molecular weight is 419 g/mol. The number of alkyl halides is 2. The van der Waals surface area contributed by atoms with Crippen molar-refractivity contribution in [3.05, 3.63) is 47.3 Å². The molecule has 0 unspecified atom stereocenters. The lowest BCUT2D eigenvalue weighted by atomic mass is 10.2. The first-order chi connectivity index (χ1) is 14.0. The van der Waals surface area contributed by atoms with E-state index in [-0.39, 0.29) is 41.4 Å². The van der Waals surface area contributed by atoms with Crippen LogP contribution in [0.3, 0.4) is 0 Å². The molecule has 11 heteroatoms. The topological polar surface area (TPSA) is 107 Å². The number of hydrogen-bond acceptors (Lipinski definition) is 7. The quantitative estimate of drug-likeness (QED) is 0.718. The molecule has 30 heavy (non-hydrogen) atoms. The zero-order valence-electron chi connectivity index (χ0n) is 16.5. The van der Waals surface area contributed by atoms with E-state index in [1.54, 1.807) is 13.0 Å². The molecule has 3 heterocycles. The van der Waals surface area contributed by atoms with E-state index in [4.69, 9.17) is 9.57 Å². The van der Waals surface area contributed by atoms with Gasteiger partial charge >= 0.3 is 11.8 Å². The normalized spacial score (nSPS) is 12.8. The number of aromatic nitrogens is 3. The van der Waals surface area contributed by atoms with Crippen LogP contribution in [0.2, 0.25) is 0 Å². The Morgan fingerprint density at radius 3 is 2.70 bits per heavy atom. The summed E-state index contributed by atoms with van der Waals surface area (Å²) >= 11 is 0. The number of nitrogens with one attached hydrogen (secondary N) is 1. The summed E-state index contributed by atoms with van der Waals surface area (Å²) in [5.74, 6) is -4.17. The van der Waals surface area contributed by atoms with Crippen molar-refractivity contribution >= 4 is 17.8 Å². The smallest absolute Gasteiger partial charge is 0.305 e. The van der Waals surface area contributed by atoms with Gasteiger partial charge in [-0.25, -0.2) is 9.97 Å². The molecule has 158 valence electrons. The molecule has 0 fully saturated rings. The van der Waals surface area contributed by atoms with Crippen LogP contribution in [0.5, 0.6) is 11.8 Å². The van der Waals surface area contributed by atoms with Crippen LogP contribution in [0.25, 0.3) is 0 Å². The van der Waals surface area contributed by atoms with Crippen molar-refractivity contribution in [2.75, 3.05) is 11.9 Å². The highest BCUT2D eigenvalue weighted by Gasteiger charge is 2.33. The SMILES string of the molecule is C=C(C)C(F)(F)COc1ccc2c(n1)ON(C(=O)c1cc(C)nc(NC(C)=O)n1)C2. The van der Waals surface area contributed by atoms with Gasteiger partial charge in [0.15, 0.2) is 6.61 Å². The number of hydroxylamine groups is 2. The number of hydrogen-bond donors (Lipinski definition) is 1. The molecular formula is C19H19F2N5O4. The van der Waals surface area contributed by atoms with Gasteiger partial charge in [0.25, 0.3) is 5.88 Å². The maximum absolute atomic E-state index is 13.6. The summed E-state index contributed by atoms with van der Waals surface area (Å²) in [7, 11) is 0. The number of nitrogens with zero attached hydrogens (tertiary/aromatic N) is 4. The van der Waals surface area contributed by atoms with Gasteiger partial charge in [0.1, 0.15) is 5.69 Å². The summed E-state index contributed by atoms with van der Waals surface area (Å²) in [6.45, 7) is 6.54. The van der Waals surface area contributed by atoms with Crippen molar-refractivity contribution in [1.82, 2.24) is 20.0 Å². The summed E-state index contributed by atoms with van der Waals surface area (Å²) in [6.07, 6.45) is 0. The molecule has 2 aromatic heterocycles. The molecule has 0 saturated heterocycles. The number of rotatable bonds is 6. The molecule has 0 spiro atoms. The van der Waals surface area contributed by atoms with Crippen molar-refractivity contribution in [3.63, 3.8) is 0 Å². The first-order valence-corrected chi connectivity index (χ1v) is 8.85. The van der Waals surface area contributed by atoms with E-state index in [1.165, 1.54) is 26.0 Å². The van der Waals surface area contributed by atoms with Gasteiger partial charge in [-0.2, -0.15) is 18.8 Å². The first kappa shape index (κ1) is 21.1. The Balaban J connectivity index is 1.72. The molecule has 0 aromatic carbocycles. The summed E-state index contributed by atoms with van der Waals surface area (Å²) < 4.78 is 32.3. The molecule has 2 amide bonds. The molecule has 0 aliphatic carbocycles. The Kier molecular flexibility index (Phi) is 5.63. The van der Waals surface area contributed by atoms with Crippen molar-refractivity contribution in [1.29, 1.82) is 0 Å². The molecule has 0 atom stereocenters. The van der Waals surface area contributed by atoms with Crippen LogP contribution in [0, 0.1) is 6.92 Å². The van der Waals surface area contributed by atoms with Gasteiger partial charge in [-0.3, -0.25) is 14.9 Å². The number of carbonyl (C=O) groups is 2. The molecule has 0 saturated carbocycles. The van der Waals surface area contributed by atoms with Crippen molar-refractivity contribution < 1.29 is 27.9 Å². The number of pyridine rings is 1. The molecule has 2 aromatic rings. The lowest BCUT2D eigenvalue weighted by Crippen LogP contribution is -2.30. The van der Waals surface area contributed by atoms with E-state index in [9.17, 15) is 18.4 Å². The standard InChI is InChI=1S/C19H19F2N5O4/c1-10(2)19(20,21)9-29-15-6-5-13-8-26(30-16(13)25-15)17(28)14-7-11(3)22-18(24-14)23-12(4)27/h5-7H,1,8-9H2,2-4H3,(H,22,23,24,27). The zero-order valence-corrected chi connectivity index (χ0v) is 16.5. The predicted molar refractivity (Wildman–Crippen MR) is 101 cm³/mol. The van der Waals surface area contributed by atoms with E-state index < -0.39 is 18.4 Å². The van der Waals surface area contributed by atoms with E-state index in [0.29, 0.717) is 11.3 Å². The van der Waals surface area contributed by atoms with E-state index in [0.717, 1.165) is 5.06 Å². The zero-order chi connectivity index (χ0) is 22.1. The lowest BCUT2D eigenvalue weighted by molar-refractivity contribution is -0.114. The molecule has 1 aliphatic heterocycles. The largest absolute Gasteiger partial charge is 0.471 e. The Labute approximate surface area is 170 Å². The molecule has 1 N–H and O–H groups in total. The van der Waals surface area contributed by atoms with Crippen LogP contribution >= 0.6 is 0 Å². The fraction of sp³-hybridized carbons (Fsp3) is 0.316. The van der Waals surface area contributed by atoms with Crippen LogP contribution in [0.4, 0.5) is 14.7 Å². The molecule has 1 aliphatic rings. The average Bonchev–Trinajstić information content (AvgIpc) is 3.08. The second kappa shape index (κ2) is 8.01. The van der Waals surface area contributed by atoms with Crippen LogP contribution in [0.15, 0.2) is 30.4 Å². The summed E-state index contributed by atoms with van der Waals surface area (Å²) in [5, 5.41) is 3.44. The van der Waals surface area contributed by atoms with Gasteiger partial charge in [-0.05, 0) is 31.6 Å². The van der Waals surface area contributed by atoms with E-state index >= 15 is 0 Å². The van der Waals surface area contributed by atoms with Gasteiger partial charge in [0.05, 0.1) is 6.54 Å². The van der Waals surface area contributed by atoms with Crippen LogP contribution in [0.1, 0.15) is 35.6 Å². The number of halogens is 2. The number of ether oxygens (including phenoxy) is 1. The number of aryl methyl sites for hydroxylation is 1. The molecule has 9 nitrogen and oxygen atoms in total. The number of fused-ring (bicyclic) bond motifs is 1. The second-order valence-corrected chi connectivity index (χ2v) is 6.72. The fourth-order valence-corrected chi connectivity index (χ4v) is 2.44. The van der Waals surface area contributed by atoms with Gasteiger partial charge in [0.2, 0.25) is 17.7 Å². The van der Waals surface area contributed by atoms with Gasteiger partial charge in [-0.15, -0.1) is 0 Å². The Bertz CT molecular complexity index is 1030. The Morgan fingerprint density at radius 2 is 2.03 bits per heavy atom. The van der Waals surface area contributed by atoms with Gasteiger partial charge in [-0.1, -0.05) is 6.58 Å². The summed E-state index contributed by atoms with van der Waals surface area (Å²) in [5.41, 5.74) is 0.725. The summed E-state index contributed by atoms with van der Waals surface area (Å²) in [4.78, 5) is 41.5. The molecule has 0 radical (unpaired) electrons. The molecule has 3 rings (SSSR count). The minimum Gasteiger partial charge on any atom is -0.471 e. The fourth-order valence-electron chi connectivity index (χ4n) is 2.44. The molecule has 0 bridgehead atoms. The van der Waals surface area contributed by atoms with Crippen LogP contribution in [-0.2, 0) is 11.3 Å². The third-order valence-electron chi connectivity index (χ3n) is 4.04. The van der Waals surface area contributed by atoms with Gasteiger partial charge < -0.3 is 9.57 Å². The van der Waals surface area contributed by atoms with Crippen molar-refractivity contribution in [2.45, 2.75) is 33.2 Å². The highest BCUT2D eigenvalue weighted by Crippen LogP contribution is 2.30. The van der Waals surface area contributed by atoms with Crippen LogP contribution in [-0.4, -0.2) is 44.4 Å². The number of carbonyl (C=O) groups excluding carboxylic acids is 2. The second-order valence-electron chi connectivity index (χ2n) is 6.72. The third kappa shape index (κ3) is 4.67. The minimum absolute atomic E-state index is 0.00480. The highest BCUT2D eigenvalue weighted by molar-refractivity contribution is 5.93. The molecular weight excluding hydrogens is 400 g/mol. The minimum atomic E-state index is -3.19. The van der Waals surface area contributed by atoms with Crippen molar-refractivity contribution in [3.8, 4) is 11.8 Å². The van der Waals surface area contributed by atoms with E-state index in [2.05, 4.69) is 26.8 Å². The number of anilines is 1. The van der Waals surface area contributed by atoms with Gasteiger partial charge in [0, 0.05) is 24.2 Å². The Hall–Kier alpha value is -3.63. The summed E-state index contributed by atoms with van der Waals surface area (Å²) in [6, 6.07) is 4.42. The maximum atomic E-state index is 13.6. The first-order valence-electron chi connectivity index (χ1n) is 8.85. The number of amides is 2. The van der Waals surface area contributed by atoms with E-state index in [1.807, 2.05) is 0 Å². The highest BCUT2D eigenvalue weighted by atomic mass is 19.3. The lowest BCUT2D eigenvalue weighted by Gasteiger charge is -2.16. The maximum Gasteiger partial charge on any atom is 0.305 e. The monoisotopic (exact) mass is 419 g/mol. The van der Waals surface area contributed by atoms with Crippen molar-refractivity contribution in [2.24, 2.45) is 0 Å². The Morgan fingerprint density at radius 1 is 1.30 bits per heavy atom. The van der Waals surface area contributed by atoms with Crippen LogP contribution < -0.4 is 14.9 Å². The predicted octanol–water partition coefficient (Wildman–Crippen LogP) is 2.68. The third-order valence-corrected chi connectivity index (χ3v) is 4.04.